The van der Waals surface area contributed by atoms with Gasteiger partial charge in [0, 0.05) is 32.1 Å². The zero-order chi connectivity index (χ0) is 13.6. The lowest BCUT2D eigenvalue weighted by Gasteiger charge is -2.22. The van der Waals surface area contributed by atoms with E-state index in [2.05, 4.69) is 34.7 Å². The van der Waals surface area contributed by atoms with Crippen LogP contribution < -0.4 is 5.32 Å². The van der Waals surface area contributed by atoms with Gasteiger partial charge < -0.3 is 10.1 Å². The number of aromatic nitrogens is 2. The lowest BCUT2D eigenvalue weighted by molar-refractivity contribution is 0.0168. The van der Waals surface area contributed by atoms with E-state index in [1.54, 1.807) is 6.20 Å². The van der Waals surface area contributed by atoms with Gasteiger partial charge in [0.1, 0.15) is 0 Å². The summed E-state index contributed by atoms with van der Waals surface area (Å²) in [7, 11) is 0. The fourth-order valence-electron chi connectivity index (χ4n) is 2.53. The van der Waals surface area contributed by atoms with Gasteiger partial charge in [0.25, 0.3) is 0 Å². The molecule has 4 nitrogen and oxygen atoms in total. The Bertz CT molecular complexity index is 501. The van der Waals surface area contributed by atoms with Crippen molar-refractivity contribution in [3.05, 3.63) is 48.3 Å². The molecule has 20 heavy (non-hydrogen) atoms. The first kappa shape index (κ1) is 13.3. The number of nitrogens with one attached hydrogen (secondary N) is 1. The highest BCUT2D eigenvalue weighted by molar-refractivity contribution is 5.33. The van der Waals surface area contributed by atoms with Gasteiger partial charge >= 0.3 is 0 Å². The maximum Gasteiger partial charge on any atom is 0.0699 e. The van der Waals surface area contributed by atoms with Gasteiger partial charge in [-0.25, -0.2) is 4.68 Å². The third kappa shape index (κ3) is 3.46. The minimum atomic E-state index is 0.395. The average molecular weight is 271 g/mol. The van der Waals surface area contributed by atoms with E-state index in [1.807, 2.05) is 16.9 Å². The number of hydrogen-bond acceptors (Lipinski definition) is 3. The Labute approximate surface area is 119 Å². The van der Waals surface area contributed by atoms with Crippen molar-refractivity contribution in [3.63, 3.8) is 0 Å². The van der Waals surface area contributed by atoms with Crippen LogP contribution in [0.3, 0.4) is 0 Å². The van der Waals surface area contributed by atoms with Crippen LogP contribution in [0.2, 0.25) is 0 Å². The van der Waals surface area contributed by atoms with Gasteiger partial charge in [-0.05, 0) is 43.0 Å². The molecule has 0 radical (unpaired) electrons. The van der Waals surface area contributed by atoms with E-state index in [-0.39, 0.29) is 0 Å². The van der Waals surface area contributed by atoms with Crippen molar-refractivity contribution in [3.8, 4) is 5.69 Å². The van der Waals surface area contributed by atoms with E-state index in [9.17, 15) is 0 Å². The van der Waals surface area contributed by atoms with E-state index in [0.29, 0.717) is 6.10 Å². The molecule has 1 N–H and O–H groups in total. The Morgan fingerprint density at radius 3 is 2.85 bits per heavy atom. The summed E-state index contributed by atoms with van der Waals surface area (Å²) in [6, 6.07) is 10.4. The van der Waals surface area contributed by atoms with Crippen molar-refractivity contribution < 1.29 is 4.74 Å². The van der Waals surface area contributed by atoms with Crippen molar-refractivity contribution in [1.82, 2.24) is 15.1 Å². The summed E-state index contributed by atoms with van der Waals surface area (Å²) >= 11 is 0. The Hall–Kier alpha value is -1.65. The third-order valence-corrected chi connectivity index (χ3v) is 3.68. The van der Waals surface area contributed by atoms with E-state index < -0.39 is 0 Å². The quantitative estimate of drug-likeness (QED) is 0.908. The van der Waals surface area contributed by atoms with E-state index >= 15 is 0 Å². The smallest absolute Gasteiger partial charge is 0.0699 e. The fraction of sp³-hybridized carbons (Fsp3) is 0.438. The molecule has 1 atom stereocenters. The highest BCUT2D eigenvalue weighted by Gasteiger charge is 2.12. The summed E-state index contributed by atoms with van der Waals surface area (Å²) in [5, 5.41) is 7.70. The molecule has 1 aromatic carbocycles. The van der Waals surface area contributed by atoms with Crippen molar-refractivity contribution in [2.75, 3.05) is 13.2 Å². The van der Waals surface area contributed by atoms with Gasteiger partial charge in [0.2, 0.25) is 0 Å². The van der Waals surface area contributed by atoms with Crippen LogP contribution in [0, 0.1) is 0 Å². The molecule has 0 amide bonds. The minimum Gasteiger partial charge on any atom is -0.377 e. The first-order valence-electron chi connectivity index (χ1n) is 7.33. The molecule has 106 valence electrons. The Kier molecular flexibility index (Phi) is 4.46. The van der Waals surface area contributed by atoms with Crippen LogP contribution in [-0.4, -0.2) is 29.0 Å². The second-order valence-electron chi connectivity index (χ2n) is 5.24. The van der Waals surface area contributed by atoms with Crippen molar-refractivity contribution >= 4 is 0 Å². The Morgan fingerprint density at radius 1 is 1.25 bits per heavy atom. The molecule has 1 aliphatic rings. The van der Waals surface area contributed by atoms with Gasteiger partial charge in [-0.3, -0.25) is 0 Å². The van der Waals surface area contributed by atoms with Crippen LogP contribution in [0.1, 0.15) is 24.8 Å². The molecule has 0 spiro atoms. The number of ether oxygens (including phenoxy) is 1. The lowest BCUT2D eigenvalue weighted by Crippen LogP contribution is -2.31. The number of hydrogen-bond donors (Lipinski definition) is 1. The molecule has 2 heterocycles. The molecular formula is C16H21N3O. The van der Waals surface area contributed by atoms with Gasteiger partial charge in [-0.2, -0.15) is 5.10 Å². The molecule has 2 aromatic rings. The average Bonchev–Trinajstić information content (AvgIpc) is 3.03. The van der Waals surface area contributed by atoms with Crippen LogP contribution in [0.15, 0.2) is 42.7 Å². The summed E-state index contributed by atoms with van der Waals surface area (Å²) in [6.45, 7) is 2.76. The molecule has 1 saturated heterocycles. The van der Waals surface area contributed by atoms with Crippen LogP contribution in [0.4, 0.5) is 0 Å². The molecular weight excluding hydrogens is 250 g/mol. The molecule has 0 saturated carbocycles. The minimum absolute atomic E-state index is 0.395. The second kappa shape index (κ2) is 6.68. The first-order chi connectivity index (χ1) is 9.92. The largest absolute Gasteiger partial charge is 0.377 e. The highest BCUT2D eigenvalue weighted by Crippen LogP contribution is 2.12. The van der Waals surface area contributed by atoms with Crippen LogP contribution in [0.25, 0.3) is 5.69 Å². The number of nitrogens with zero attached hydrogens (tertiary/aromatic N) is 2. The zero-order valence-corrected chi connectivity index (χ0v) is 11.7. The third-order valence-electron chi connectivity index (χ3n) is 3.68. The molecule has 1 aliphatic heterocycles. The van der Waals surface area contributed by atoms with Gasteiger partial charge in [0.05, 0.1) is 11.8 Å². The monoisotopic (exact) mass is 271 g/mol. The van der Waals surface area contributed by atoms with Crippen LogP contribution in [0.5, 0.6) is 0 Å². The molecule has 1 unspecified atom stereocenters. The van der Waals surface area contributed by atoms with Crippen molar-refractivity contribution in [1.29, 1.82) is 0 Å². The SMILES string of the molecule is c1cnn(-c2ccc(CNCC3CCCCO3)cc2)c1. The predicted octanol–water partition coefficient (Wildman–Crippen LogP) is 2.53. The molecule has 1 aromatic heterocycles. The first-order valence-corrected chi connectivity index (χ1v) is 7.33. The topological polar surface area (TPSA) is 39.1 Å². The van der Waals surface area contributed by atoms with Crippen molar-refractivity contribution in [2.45, 2.75) is 31.9 Å². The Morgan fingerprint density at radius 2 is 2.15 bits per heavy atom. The maximum absolute atomic E-state index is 5.71. The van der Waals surface area contributed by atoms with Gasteiger partial charge in [0.15, 0.2) is 0 Å². The lowest BCUT2D eigenvalue weighted by atomic mass is 10.1. The molecule has 1 fully saturated rings. The second-order valence-corrected chi connectivity index (χ2v) is 5.24. The predicted molar refractivity (Wildman–Crippen MR) is 78.9 cm³/mol. The van der Waals surface area contributed by atoms with Crippen LogP contribution >= 0.6 is 0 Å². The number of benzene rings is 1. The fourth-order valence-corrected chi connectivity index (χ4v) is 2.53. The molecule has 4 heteroatoms. The summed E-state index contributed by atoms with van der Waals surface area (Å²) in [5.41, 5.74) is 2.38. The summed E-state index contributed by atoms with van der Waals surface area (Å²) in [4.78, 5) is 0. The zero-order valence-electron chi connectivity index (χ0n) is 11.7. The maximum atomic E-state index is 5.71. The van der Waals surface area contributed by atoms with Crippen molar-refractivity contribution in [2.24, 2.45) is 0 Å². The normalized spacial score (nSPS) is 19.1. The van der Waals surface area contributed by atoms with E-state index in [4.69, 9.17) is 4.74 Å². The van der Waals surface area contributed by atoms with Gasteiger partial charge in [-0.15, -0.1) is 0 Å². The molecule has 3 rings (SSSR count). The summed E-state index contributed by atoms with van der Waals surface area (Å²) in [5.74, 6) is 0. The molecule has 0 aliphatic carbocycles. The highest BCUT2D eigenvalue weighted by atomic mass is 16.5. The standard InChI is InChI=1S/C16H21N3O/c1-2-11-20-16(4-1)13-17-12-14-5-7-15(8-6-14)19-10-3-9-18-19/h3,5-10,16-17H,1-2,4,11-13H2. The van der Waals surface area contributed by atoms with E-state index in [0.717, 1.165) is 25.4 Å². The summed E-state index contributed by atoms with van der Waals surface area (Å²) < 4.78 is 7.58. The Balaban J connectivity index is 1.48. The van der Waals surface area contributed by atoms with E-state index in [1.165, 1.54) is 24.8 Å². The molecule has 0 bridgehead atoms. The number of rotatable bonds is 5. The van der Waals surface area contributed by atoms with Crippen LogP contribution in [-0.2, 0) is 11.3 Å². The summed E-state index contributed by atoms with van der Waals surface area (Å²) in [6.07, 6.45) is 7.83. The van der Waals surface area contributed by atoms with Gasteiger partial charge in [-0.1, -0.05) is 12.1 Å².